The Bertz CT molecular complexity index is 723. The number of hydrogen-bond acceptors (Lipinski definition) is 3. The number of rotatable bonds is 8. The van der Waals surface area contributed by atoms with Crippen molar-refractivity contribution in [2.45, 2.75) is 40.0 Å². The first kappa shape index (κ1) is 23.1. The molecule has 2 N–H and O–H groups in total. The summed E-state index contributed by atoms with van der Waals surface area (Å²) in [5.41, 5.74) is 1.07. The zero-order chi connectivity index (χ0) is 18.9. The van der Waals surface area contributed by atoms with Crippen LogP contribution in [0.1, 0.15) is 31.8 Å². The summed E-state index contributed by atoms with van der Waals surface area (Å²) < 4.78 is 32.4. The van der Waals surface area contributed by atoms with Crippen LogP contribution in [0.2, 0.25) is 0 Å². The molecule has 0 saturated heterocycles. The molecule has 0 spiro atoms. The van der Waals surface area contributed by atoms with Gasteiger partial charge < -0.3 is 15.4 Å². The molecule has 150 valence electrons. The minimum Gasteiger partial charge on any atom is -0.489 e. The molecule has 0 radical (unpaired) electrons. The van der Waals surface area contributed by atoms with Gasteiger partial charge in [-0.2, -0.15) is 8.78 Å². The molecule has 27 heavy (non-hydrogen) atoms. The molecule has 0 fully saturated rings. The van der Waals surface area contributed by atoms with Gasteiger partial charge in [-0.3, -0.25) is 4.57 Å². The molecule has 1 unspecified atom stereocenters. The van der Waals surface area contributed by atoms with Crippen molar-refractivity contribution in [1.82, 2.24) is 20.2 Å². The van der Waals surface area contributed by atoms with Crippen molar-refractivity contribution in [2.75, 3.05) is 13.1 Å². The minimum absolute atomic E-state index is 0. The second-order valence-corrected chi connectivity index (χ2v) is 5.80. The molecule has 6 nitrogen and oxygen atoms in total. The van der Waals surface area contributed by atoms with Gasteiger partial charge in [0.25, 0.3) is 0 Å². The number of benzene rings is 1. The van der Waals surface area contributed by atoms with Crippen LogP contribution in [-0.4, -0.2) is 34.7 Å². The molecule has 1 aromatic heterocycles. The molecule has 1 atom stereocenters. The number of nitrogens with zero attached hydrogens (tertiary/aromatic N) is 3. The molecule has 2 aromatic rings. The van der Waals surface area contributed by atoms with Crippen LogP contribution >= 0.6 is 24.0 Å². The monoisotopic (exact) mass is 493 g/mol. The quantitative estimate of drug-likeness (QED) is 0.334. The fourth-order valence-corrected chi connectivity index (χ4v) is 2.32. The standard InChI is InChI=1S/C18H25F2N5O.HI/c1-4-21-18(24-12-16-22-9-10-25(16)17(19)20)23-11-14(3)26-15-8-6-5-7-13(15)2;/h5-10,14,17H,4,11-12H2,1-3H3,(H2,21,23,24);1H. The highest BCUT2D eigenvalue weighted by Crippen LogP contribution is 2.17. The third-order valence-corrected chi connectivity index (χ3v) is 3.66. The number of aliphatic imine (C=N–C) groups is 1. The zero-order valence-electron chi connectivity index (χ0n) is 15.7. The summed E-state index contributed by atoms with van der Waals surface area (Å²) >= 11 is 0. The highest BCUT2D eigenvalue weighted by molar-refractivity contribution is 14.0. The summed E-state index contributed by atoms with van der Waals surface area (Å²) in [5.74, 6) is 1.57. The van der Waals surface area contributed by atoms with Gasteiger partial charge in [-0.05, 0) is 32.4 Å². The van der Waals surface area contributed by atoms with E-state index in [1.807, 2.05) is 45.0 Å². The van der Waals surface area contributed by atoms with Crippen molar-refractivity contribution < 1.29 is 13.5 Å². The van der Waals surface area contributed by atoms with E-state index >= 15 is 0 Å². The van der Waals surface area contributed by atoms with Gasteiger partial charge in [0.15, 0.2) is 5.96 Å². The Kier molecular flexibility index (Phi) is 10.0. The first-order chi connectivity index (χ1) is 12.5. The van der Waals surface area contributed by atoms with Crippen LogP contribution in [0.25, 0.3) is 0 Å². The lowest BCUT2D eigenvalue weighted by Crippen LogP contribution is -2.41. The predicted octanol–water partition coefficient (Wildman–Crippen LogP) is 3.73. The Morgan fingerprint density at radius 2 is 2.04 bits per heavy atom. The van der Waals surface area contributed by atoms with Gasteiger partial charge in [-0.1, -0.05) is 18.2 Å². The van der Waals surface area contributed by atoms with Crippen molar-refractivity contribution in [3.63, 3.8) is 0 Å². The molecule has 2 rings (SSSR count). The van der Waals surface area contributed by atoms with Gasteiger partial charge in [0, 0.05) is 18.9 Å². The van der Waals surface area contributed by atoms with Gasteiger partial charge >= 0.3 is 6.55 Å². The van der Waals surface area contributed by atoms with Crippen LogP contribution in [0.5, 0.6) is 5.75 Å². The van der Waals surface area contributed by atoms with E-state index in [1.165, 1.54) is 12.4 Å². The van der Waals surface area contributed by atoms with E-state index in [-0.39, 0.29) is 42.4 Å². The second kappa shape index (κ2) is 11.7. The molecule has 1 aromatic carbocycles. The number of para-hydroxylation sites is 1. The second-order valence-electron chi connectivity index (χ2n) is 5.80. The number of aromatic nitrogens is 2. The lowest BCUT2D eigenvalue weighted by Gasteiger charge is -2.18. The first-order valence-electron chi connectivity index (χ1n) is 8.55. The summed E-state index contributed by atoms with van der Waals surface area (Å²) in [6, 6.07) is 7.81. The minimum atomic E-state index is -2.62. The molecule has 0 bridgehead atoms. The largest absolute Gasteiger partial charge is 0.489 e. The summed E-state index contributed by atoms with van der Waals surface area (Å²) in [5, 5.41) is 6.24. The summed E-state index contributed by atoms with van der Waals surface area (Å²) in [6.45, 7) is 4.48. The maximum absolute atomic E-state index is 12.9. The predicted molar refractivity (Wildman–Crippen MR) is 113 cm³/mol. The molecule has 0 saturated carbocycles. The Morgan fingerprint density at radius 1 is 1.30 bits per heavy atom. The highest BCUT2D eigenvalue weighted by atomic mass is 127. The molecule has 0 aliphatic rings. The van der Waals surface area contributed by atoms with E-state index in [0.29, 0.717) is 19.0 Å². The first-order valence-corrected chi connectivity index (χ1v) is 8.55. The van der Waals surface area contributed by atoms with Gasteiger partial charge in [0.1, 0.15) is 24.2 Å². The number of halogens is 3. The molecule has 1 heterocycles. The smallest absolute Gasteiger partial charge is 0.319 e. The average molecular weight is 493 g/mol. The summed E-state index contributed by atoms with van der Waals surface area (Å²) in [6.07, 6.45) is 2.49. The van der Waals surface area contributed by atoms with Crippen LogP contribution in [-0.2, 0) is 6.54 Å². The lowest BCUT2D eigenvalue weighted by molar-refractivity contribution is 0.0671. The summed E-state index contributed by atoms with van der Waals surface area (Å²) in [4.78, 5) is 8.24. The molecular weight excluding hydrogens is 467 g/mol. The van der Waals surface area contributed by atoms with E-state index in [9.17, 15) is 8.78 Å². The van der Waals surface area contributed by atoms with Crippen LogP contribution in [0.3, 0.4) is 0 Å². The number of nitrogens with one attached hydrogen (secondary N) is 2. The Morgan fingerprint density at radius 3 is 2.70 bits per heavy atom. The maximum atomic E-state index is 12.9. The number of aryl methyl sites for hydroxylation is 1. The van der Waals surface area contributed by atoms with Crippen molar-refractivity contribution in [3.8, 4) is 5.75 Å². The maximum Gasteiger partial charge on any atom is 0.319 e. The molecule has 0 aliphatic carbocycles. The summed E-state index contributed by atoms with van der Waals surface area (Å²) in [7, 11) is 0. The number of imidazole rings is 1. The van der Waals surface area contributed by atoms with Crippen LogP contribution < -0.4 is 15.4 Å². The van der Waals surface area contributed by atoms with Gasteiger partial charge in [0.2, 0.25) is 0 Å². The number of hydrogen-bond donors (Lipinski definition) is 2. The molecule has 9 heteroatoms. The Balaban J connectivity index is 0.00000364. The molecule has 0 amide bonds. The SMILES string of the molecule is CCNC(=NCc1nccn1C(F)F)NCC(C)Oc1ccccc1C.I. The van der Waals surface area contributed by atoms with E-state index in [0.717, 1.165) is 15.9 Å². The van der Waals surface area contributed by atoms with Gasteiger partial charge in [-0.25, -0.2) is 9.98 Å². The normalized spacial score (nSPS) is 12.4. The van der Waals surface area contributed by atoms with Crippen molar-refractivity contribution >= 4 is 29.9 Å². The van der Waals surface area contributed by atoms with Crippen molar-refractivity contribution in [3.05, 3.63) is 48.0 Å². The molecule has 0 aliphatic heterocycles. The van der Waals surface area contributed by atoms with E-state index in [2.05, 4.69) is 20.6 Å². The highest BCUT2D eigenvalue weighted by Gasteiger charge is 2.11. The Hall–Kier alpha value is -1.91. The third-order valence-electron chi connectivity index (χ3n) is 3.66. The fourth-order valence-electron chi connectivity index (χ4n) is 2.32. The number of ether oxygens (including phenoxy) is 1. The molecular formula is C18H26F2IN5O. The van der Waals surface area contributed by atoms with Crippen molar-refractivity contribution in [2.24, 2.45) is 4.99 Å². The zero-order valence-corrected chi connectivity index (χ0v) is 18.0. The fraction of sp³-hybridized carbons (Fsp3) is 0.444. The number of alkyl halides is 2. The average Bonchev–Trinajstić information content (AvgIpc) is 3.08. The van der Waals surface area contributed by atoms with Gasteiger partial charge in [0.05, 0.1) is 6.54 Å². The third kappa shape index (κ3) is 7.31. The van der Waals surface area contributed by atoms with Crippen LogP contribution in [0, 0.1) is 6.92 Å². The number of guanidine groups is 1. The topological polar surface area (TPSA) is 63.5 Å². The van der Waals surface area contributed by atoms with Crippen LogP contribution in [0.15, 0.2) is 41.7 Å². The van der Waals surface area contributed by atoms with Gasteiger partial charge in [-0.15, -0.1) is 24.0 Å². The van der Waals surface area contributed by atoms with E-state index < -0.39 is 6.55 Å². The lowest BCUT2D eigenvalue weighted by atomic mass is 10.2. The van der Waals surface area contributed by atoms with Crippen molar-refractivity contribution in [1.29, 1.82) is 0 Å². The van der Waals surface area contributed by atoms with E-state index in [1.54, 1.807) is 0 Å². The van der Waals surface area contributed by atoms with E-state index in [4.69, 9.17) is 4.74 Å². The Labute approximate surface area is 175 Å². The van der Waals surface area contributed by atoms with Crippen LogP contribution in [0.4, 0.5) is 8.78 Å².